The highest BCUT2D eigenvalue weighted by Gasteiger charge is 2.29. The molecule has 1 aromatic carbocycles. The first-order valence-corrected chi connectivity index (χ1v) is 6.92. The van der Waals surface area contributed by atoms with E-state index in [1.165, 1.54) is 18.4 Å². The van der Waals surface area contributed by atoms with Crippen molar-refractivity contribution >= 4 is 12.2 Å². The van der Waals surface area contributed by atoms with Crippen LogP contribution >= 0.6 is 0 Å². The molecule has 0 aliphatic carbocycles. The quantitative estimate of drug-likeness (QED) is 0.781. The molecule has 0 atom stereocenters. The summed E-state index contributed by atoms with van der Waals surface area (Å²) in [5.41, 5.74) is 0.131. The molecule has 122 valence electrons. The number of hydrogen-bond donors (Lipinski definition) is 1. The van der Waals surface area contributed by atoms with Crippen molar-refractivity contribution in [1.29, 1.82) is 0 Å². The Morgan fingerprint density at radius 3 is 2.46 bits per heavy atom. The van der Waals surface area contributed by atoms with E-state index in [1.54, 1.807) is 30.4 Å². The number of benzene rings is 1. The van der Waals surface area contributed by atoms with E-state index in [9.17, 15) is 18.0 Å². The Morgan fingerprint density at radius 1 is 1.08 bits per heavy atom. The van der Waals surface area contributed by atoms with Crippen LogP contribution in [-0.4, -0.2) is 9.97 Å². The highest BCUT2D eigenvalue weighted by Crippen LogP contribution is 2.29. The third-order valence-electron chi connectivity index (χ3n) is 3.24. The van der Waals surface area contributed by atoms with Crippen molar-refractivity contribution in [3.63, 3.8) is 0 Å². The number of hydrogen-bond acceptors (Lipinski definition) is 3. The average Bonchev–Trinajstić information content (AvgIpc) is 3.06. The smallest absolute Gasteiger partial charge is 0.416 e. The lowest BCUT2D eigenvalue weighted by atomic mass is 10.1. The van der Waals surface area contributed by atoms with Crippen LogP contribution in [0.25, 0.3) is 23.6 Å². The number of aromatic nitrogens is 2. The van der Waals surface area contributed by atoms with Gasteiger partial charge in [0.15, 0.2) is 0 Å². The molecule has 2 aromatic heterocycles. The molecule has 0 fully saturated rings. The number of halogens is 3. The molecule has 2 heterocycles. The number of H-pyrrole nitrogens is 1. The number of nitrogens with one attached hydrogen (secondary N) is 1. The van der Waals surface area contributed by atoms with Crippen LogP contribution in [0, 0.1) is 0 Å². The van der Waals surface area contributed by atoms with Crippen LogP contribution in [0.2, 0.25) is 0 Å². The Bertz CT molecular complexity index is 908. The topological polar surface area (TPSA) is 58.9 Å². The van der Waals surface area contributed by atoms with Gasteiger partial charge in [0.2, 0.25) is 0 Å². The van der Waals surface area contributed by atoms with Crippen LogP contribution < -0.4 is 5.69 Å². The zero-order valence-electron chi connectivity index (χ0n) is 12.2. The van der Waals surface area contributed by atoms with Crippen LogP contribution in [0.4, 0.5) is 13.2 Å². The third-order valence-corrected chi connectivity index (χ3v) is 3.24. The maximum absolute atomic E-state index is 12.5. The fourth-order valence-corrected chi connectivity index (χ4v) is 2.09. The number of aromatic amines is 1. The van der Waals surface area contributed by atoms with Gasteiger partial charge in [-0.1, -0.05) is 18.2 Å². The number of alkyl halides is 3. The zero-order valence-corrected chi connectivity index (χ0v) is 12.2. The Hall–Kier alpha value is -3.09. The van der Waals surface area contributed by atoms with Crippen LogP contribution in [0.3, 0.4) is 0 Å². The minimum absolute atomic E-state index is 0.366. The minimum atomic E-state index is -4.37. The molecule has 3 rings (SSSR count). The minimum Gasteiger partial charge on any atom is -0.463 e. The summed E-state index contributed by atoms with van der Waals surface area (Å²) in [6.07, 6.45) is 0.235. The van der Waals surface area contributed by atoms with Gasteiger partial charge in [-0.2, -0.15) is 18.2 Å². The van der Waals surface area contributed by atoms with Gasteiger partial charge in [0, 0.05) is 0 Å². The Labute approximate surface area is 134 Å². The first-order chi connectivity index (χ1) is 11.4. The molecular weight excluding hydrogens is 321 g/mol. The van der Waals surface area contributed by atoms with Crippen molar-refractivity contribution in [1.82, 2.24) is 9.97 Å². The summed E-state index contributed by atoms with van der Waals surface area (Å²) in [6, 6.07) is 9.68. The Morgan fingerprint density at radius 2 is 1.83 bits per heavy atom. The summed E-state index contributed by atoms with van der Waals surface area (Å²) in [6.45, 7) is 0. The molecule has 0 saturated carbocycles. The van der Waals surface area contributed by atoms with E-state index >= 15 is 0 Å². The van der Waals surface area contributed by atoms with Crippen molar-refractivity contribution in [2.24, 2.45) is 0 Å². The normalized spacial score (nSPS) is 12.0. The van der Waals surface area contributed by atoms with Gasteiger partial charge in [0.25, 0.3) is 0 Å². The van der Waals surface area contributed by atoms with E-state index in [0.29, 0.717) is 22.7 Å². The summed E-state index contributed by atoms with van der Waals surface area (Å²) < 4.78 is 42.8. The lowest BCUT2D eigenvalue weighted by molar-refractivity contribution is -0.137. The highest BCUT2D eigenvalue weighted by molar-refractivity contribution is 5.69. The molecule has 0 radical (unpaired) electrons. The summed E-state index contributed by atoms with van der Waals surface area (Å²) in [5.74, 6) is 0.485. The van der Waals surface area contributed by atoms with Crippen molar-refractivity contribution in [2.45, 2.75) is 6.18 Å². The molecule has 0 aliphatic heterocycles. The van der Waals surface area contributed by atoms with Crippen molar-refractivity contribution in [2.75, 3.05) is 0 Å². The standard InChI is InChI=1S/C17H11F3N2O2/c18-17(19,20)12-6-3-11(4-7-12)5-8-13-10-14(22-16(23)21-13)15-2-1-9-24-15/h1-10H,(H,21,22,23). The molecule has 0 saturated heterocycles. The second kappa shape index (κ2) is 6.19. The second-order valence-electron chi connectivity index (χ2n) is 4.96. The van der Waals surface area contributed by atoms with Gasteiger partial charge in [-0.15, -0.1) is 0 Å². The summed E-state index contributed by atoms with van der Waals surface area (Å²) >= 11 is 0. The fourth-order valence-electron chi connectivity index (χ4n) is 2.09. The van der Waals surface area contributed by atoms with Crippen molar-refractivity contribution in [3.05, 3.63) is 76.0 Å². The van der Waals surface area contributed by atoms with E-state index in [-0.39, 0.29) is 0 Å². The third kappa shape index (κ3) is 3.62. The predicted octanol–water partition coefficient (Wildman–Crippen LogP) is 4.22. The molecule has 0 amide bonds. The molecule has 7 heteroatoms. The average molecular weight is 332 g/mol. The predicted molar refractivity (Wildman–Crippen MR) is 82.9 cm³/mol. The first-order valence-electron chi connectivity index (χ1n) is 6.92. The Balaban J connectivity index is 1.86. The Kier molecular flexibility index (Phi) is 4.07. The molecule has 24 heavy (non-hydrogen) atoms. The van der Waals surface area contributed by atoms with Crippen LogP contribution in [0.1, 0.15) is 16.8 Å². The van der Waals surface area contributed by atoms with Gasteiger partial charge in [-0.05, 0) is 42.0 Å². The van der Waals surface area contributed by atoms with Crippen molar-refractivity contribution < 1.29 is 17.6 Å². The van der Waals surface area contributed by atoms with E-state index in [1.807, 2.05) is 0 Å². The largest absolute Gasteiger partial charge is 0.463 e. The number of nitrogens with zero attached hydrogens (tertiary/aromatic N) is 1. The second-order valence-corrected chi connectivity index (χ2v) is 4.96. The SMILES string of the molecule is O=c1nc(C=Cc2ccc(C(F)(F)F)cc2)cc(-c2ccco2)[nH]1. The first kappa shape index (κ1) is 15.8. The van der Waals surface area contributed by atoms with Crippen molar-refractivity contribution in [3.8, 4) is 11.5 Å². The van der Waals surface area contributed by atoms with Crippen LogP contribution in [-0.2, 0) is 6.18 Å². The fraction of sp³-hybridized carbons (Fsp3) is 0.0588. The van der Waals surface area contributed by atoms with Gasteiger partial charge < -0.3 is 9.40 Å². The molecule has 3 aromatic rings. The van der Waals surface area contributed by atoms with Gasteiger partial charge in [-0.3, -0.25) is 0 Å². The van der Waals surface area contributed by atoms with E-state index in [0.717, 1.165) is 12.1 Å². The summed E-state index contributed by atoms with van der Waals surface area (Å²) in [4.78, 5) is 18.0. The van der Waals surface area contributed by atoms with Gasteiger partial charge in [-0.25, -0.2) is 4.79 Å². The lowest BCUT2D eigenvalue weighted by Gasteiger charge is -2.05. The monoisotopic (exact) mass is 332 g/mol. The van der Waals surface area contributed by atoms with Crippen LogP contribution in [0.5, 0.6) is 0 Å². The lowest BCUT2D eigenvalue weighted by Crippen LogP contribution is -2.11. The molecule has 1 N–H and O–H groups in total. The van der Waals surface area contributed by atoms with E-state index < -0.39 is 17.4 Å². The molecule has 0 unspecified atom stereocenters. The van der Waals surface area contributed by atoms with Gasteiger partial charge >= 0.3 is 11.9 Å². The van der Waals surface area contributed by atoms with E-state index in [2.05, 4.69) is 9.97 Å². The van der Waals surface area contributed by atoms with E-state index in [4.69, 9.17) is 4.42 Å². The summed E-state index contributed by atoms with van der Waals surface area (Å²) in [7, 11) is 0. The van der Waals surface area contributed by atoms with Gasteiger partial charge in [0.05, 0.1) is 23.2 Å². The zero-order chi connectivity index (χ0) is 17.2. The molecular formula is C17H11F3N2O2. The highest BCUT2D eigenvalue weighted by atomic mass is 19.4. The molecule has 4 nitrogen and oxygen atoms in total. The number of furan rings is 1. The van der Waals surface area contributed by atoms with Gasteiger partial charge in [0.1, 0.15) is 5.76 Å². The molecule has 0 spiro atoms. The number of rotatable bonds is 3. The van der Waals surface area contributed by atoms with Crippen LogP contribution in [0.15, 0.2) is 57.9 Å². The maximum Gasteiger partial charge on any atom is 0.416 e. The maximum atomic E-state index is 12.5. The molecule has 0 aliphatic rings. The summed E-state index contributed by atoms with van der Waals surface area (Å²) in [5, 5.41) is 0. The molecule has 0 bridgehead atoms.